The van der Waals surface area contributed by atoms with Crippen LogP contribution in [-0.4, -0.2) is 118 Å². The number of ether oxygens (including phenoxy) is 1. The van der Waals surface area contributed by atoms with Crippen molar-refractivity contribution in [1.29, 1.82) is 0 Å². The van der Waals surface area contributed by atoms with Crippen LogP contribution in [0.3, 0.4) is 0 Å². The van der Waals surface area contributed by atoms with E-state index in [9.17, 15) is 24.0 Å². The van der Waals surface area contributed by atoms with Crippen molar-refractivity contribution in [3.63, 3.8) is 0 Å². The van der Waals surface area contributed by atoms with Crippen molar-refractivity contribution in [2.45, 2.75) is 56.5 Å². The van der Waals surface area contributed by atoms with Crippen molar-refractivity contribution in [2.24, 2.45) is 18.9 Å². The molecule has 1 saturated carbocycles. The SMILES string of the molecule is Cn1c(=O)c2c(c3cc(Nc4nc(N5CCN(CC6CCN(c7cccc8c7C(=O)N(C7CCC(=O)NC7=O)C8=O)CC6)CC5)ncc4Cl)ccc31)NC(C1CC1)C(F)(F)CO2. The molecule has 4 amide bonds. The van der Waals surface area contributed by atoms with Gasteiger partial charge in [-0.2, -0.15) is 4.98 Å². The van der Waals surface area contributed by atoms with Gasteiger partial charge in [0.25, 0.3) is 17.4 Å². The summed E-state index contributed by atoms with van der Waals surface area (Å²) < 4.78 is 37.2. The largest absolute Gasteiger partial charge is 0.480 e. The maximum Gasteiger partial charge on any atom is 0.301 e. The Labute approximate surface area is 359 Å². The summed E-state index contributed by atoms with van der Waals surface area (Å²) >= 11 is 6.61. The minimum absolute atomic E-state index is 0.0695. The first-order chi connectivity index (χ1) is 29.8. The van der Waals surface area contributed by atoms with Crippen LogP contribution in [0.2, 0.25) is 5.02 Å². The third-order valence-corrected chi connectivity index (χ3v) is 13.5. The molecule has 4 fully saturated rings. The van der Waals surface area contributed by atoms with Crippen molar-refractivity contribution in [2.75, 3.05) is 72.9 Å². The number of anilines is 5. The van der Waals surface area contributed by atoms with E-state index in [0.29, 0.717) is 89.6 Å². The summed E-state index contributed by atoms with van der Waals surface area (Å²) in [5, 5.41) is 9.41. The number of hydrogen-bond acceptors (Lipinski definition) is 13. The van der Waals surface area contributed by atoms with Gasteiger partial charge in [0.2, 0.25) is 23.5 Å². The van der Waals surface area contributed by atoms with E-state index in [2.05, 4.69) is 35.6 Å². The molecule has 16 nitrogen and oxygen atoms in total. The van der Waals surface area contributed by atoms with Gasteiger partial charge in [-0.3, -0.25) is 39.1 Å². The van der Waals surface area contributed by atoms with Crippen LogP contribution in [0.5, 0.6) is 5.75 Å². The Hall–Kier alpha value is -5.88. The summed E-state index contributed by atoms with van der Waals surface area (Å²) in [6, 6.07) is 8.42. The lowest BCUT2D eigenvalue weighted by atomic mass is 9.94. The Morgan fingerprint density at radius 2 is 1.71 bits per heavy atom. The van der Waals surface area contributed by atoms with Crippen LogP contribution in [-0.2, 0) is 16.6 Å². The number of hydrogen-bond donors (Lipinski definition) is 3. The number of piperidine rings is 2. The molecule has 10 rings (SSSR count). The van der Waals surface area contributed by atoms with Crippen molar-refractivity contribution < 1.29 is 32.7 Å². The monoisotopic (exact) mass is 870 g/mol. The van der Waals surface area contributed by atoms with Crippen LogP contribution in [0, 0.1) is 11.8 Å². The minimum atomic E-state index is -3.15. The Morgan fingerprint density at radius 3 is 2.45 bits per heavy atom. The average molecular weight is 871 g/mol. The number of piperazine rings is 1. The van der Waals surface area contributed by atoms with Gasteiger partial charge >= 0.3 is 5.92 Å². The summed E-state index contributed by atoms with van der Waals surface area (Å²) in [5.74, 6) is -4.17. The molecule has 4 aromatic rings. The number of alkyl halides is 2. The Kier molecular flexibility index (Phi) is 10.0. The summed E-state index contributed by atoms with van der Waals surface area (Å²) in [6.07, 6.45) is 4.92. The lowest BCUT2D eigenvalue weighted by Gasteiger charge is -2.39. The third-order valence-electron chi connectivity index (χ3n) is 13.2. The number of amides is 4. The molecular formula is C43H45ClF2N10O6. The van der Waals surface area contributed by atoms with Gasteiger partial charge in [-0.15, -0.1) is 0 Å². The summed E-state index contributed by atoms with van der Waals surface area (Å²) in [5.41, 5.74) is 2.22. The fraction of sp³-hybridized carbons (Fsp3) is 0.465. The van der Waals surface area contributed by atoms with Crippen molar-refractivity contribution in [3.8, 4) is 5.75 Å². The maximum absolute atomic E-state index is 15.2. The number of rotatable bonds is 8. The molecule has 6 aliphatic rings. The molecule has 5 aliphatic heterocycles. The standard InChI is InChI=1S/C43H45ClF2N10O6/c1-52-29-8-7-25(19-27(29)34-35(41(52)61)62-22-43(45,46)36(50-34)24-5-6-24)48-37-28(44)20-47-42(51-37)55-17-15-53(16-18-55)21-23-11-13-54(14-12-23)30-4-2-3-26-33(30)40(60)56(39(26)59)31-9-10-32(57)49-38(31)58/h2-4,7-8,19-20,23-24,31,36,50H,5-6,9-18,21-22H2,1H3,(H,47,48,51)(H,49,57,58). The van der Waals surface area contributed by atoms with E-state index in [4.69, 9.17) is 21.3 Å². The molecule has 2 aromatic carbocycles. The first-order valence-corrected chi connectivity index (χ1v) is 21.5. The lowest BCUT2D eigenvalue weighted by molar-refractivity contribution is -0.136. The topological polar surface area (TPSA) is 174 Å². The zero-order valence-corrected chi connectivity index (χ0v) is 34.7. The zero-order chi connectivity index (χ0) is 43.0. The van der Waals surface area contributed by atoms with Gasteiger partial charge < -0.3 is 29.7 Å². The number of imide groups is 2. The highest BCUT2D eigenvalue weighted by atomic mass is 35.5. The molecule has 0 spiro atoms. The molecule has 0 bridgehead atoms. The van der Waals surface area contributed by atoms with Gasteiger partial charge in [0.15, 0.2) is 12.4 Å². The second kappa shape index (κ2) is 15.5. The minimum Gasteiger partial charge on any atom is -0.480 e. The van der Waals surface area contributed by atoms with E-state index >= 15 is 8.78 Å². The Bertz CT molecular complexity index is 2590. The second-order valence-electron chi connectivity index (χ2n) is 17.2. The highest BCUT2D eigenvalue weighted by Crippen LogP contribution is 2.46. The predicted molar refractivity (Wildman–Crippen MR) is 227 cm³/mol. The van der Waals surface area contributed by atoms with E-state index in [0.717, 1.165) is 37.4 Å². The molecule has 0 radical (unpaired) electrons. The van der Waals surface area contributed by atoms with Gasteiger partial charge in [0.1, 0.15) is 11.1 Å². The van der Waals surface area contributed by atoms with E-state index in [1.807, 2.05) is 6.07 Å². The van der Waals surface area contributed by atoms with Crippen LogP contribution in [0.25, 0.3) is 10.9 Å². The Morgan fingerprint density at radius 1 is 0.935 bits per heavy atom. The number of halogens is 3. The van der Waals surface area contributed by atoms with Gasteiger partial charge in [0, 0.05) is 70.4 Å². The van der Waals surface area contributed by atoms with Gasteiger partial charge in [-0.05, 0) is 74.3 Å². The average Bonchev–Trinajstić information content (AvgIpc) is 4.08. The number of aromatic nitrogens is 3. The molecule has 3 saturated heterocycles. The molecule has 2 atom stereocenters. The second-order valence-corrected chi connectivity index (χ2v) is 17.6. The fourth-order valence-electron chi connectivity index (χ4n) is 9.63. The highest BCUT2D eigenvalue weighted by molar-refractivity contribution is 6.33. The van der Waals surface area contributed by atoms with E-state index in [1.165, 1.54) is 4.57 Å². The number of fused-ring (bicyclic) bond motifs is 4. The van der Waals surface area contributed by atoms with Crippen LogP contribution in [0.1, 0.15) is 59.2 Å². The number of nitrogens with one attached hydrogen (secondary N) is 3. The molecule has 324 valence electrons. The fourth-order valence-corrected chi connectivity index (χ4v) is 9.77. The number of carbonyl (C=O) groups is 4. The maximum atomic E-state index is 15.2. The molecule has 3 N–H and O–H groups in total. The molecule has 62 heavy (non-hydrogen) atoms. The smallest absolute Gasteiger partial charge is 0.301 e. The van der Waals surface area contributed by atoms with Crippen LogP contribution >= 0.6 is 11.6 Å². The van der Waals surface area contributed by atoms with Crippen molar-refractivity contribution >= 4 is 75.0 Å². The summed E-state index contributed by atoms with van der Waals surface area (Å²) in [6.45, 7) is 4.48. The van der Waals surface area contributed by atoms with E-state index in [1.54, 1.807) is 43.6 Å². The van der Waals surface area contributed by atoms with Gasteiger partial charge in [-0.25, -0.2) is 13.8 Å². The molecular weight excluding hydrogens is 826 g/mol. The first kappa shape index (κ1) is 40.2. The first-order valence-electron chi connectivity index (χ1n) is 21.1. The number of carbonyl (C=O) groups excluding carboxylic acids is 4. The highest BCUT2D eigenvalue weighted by Gasteiger charge is 2.51. The third kappa shape index (κ3) is 7.15. The van der Waals surface area contributed by atoms with Gasteiger partial charge in [-0.1, -0.05) is 17.7 Å². The lowest BCUT2D eigenvalue weighted by Crippen LogP contribution is -2.54. The normalized spacial score (nSPS) is 23.1. The molecule has 2 aromatic heterocycles. The van der Waals surface area contributed by atoms with Crippen molar-refractivity contribution in [3.05, 3.63) is 69.1 Å². The van der Waals surface area contributed by atoms with Crippen LogP contribution in [0.15, 0.2) is 47.4 Å². The van der Waals surface area contributed by atoms with Gasteiger partial charge in [0.05, 0.1) is 40.3 Å². The molecule has 19 heteroatoms. The molecule has 2 unspecified atom stereocenters. The predicted octanol–water partition coefficient (Wildman–Crippen LogP) is 4.38. The number of aryl methyl sites for hydroxylation is 1. The summed E-state index contributed by atoms with van der Waals surface area (Å²) in [4.78, 5) is 81.7. The molecule has 7 heterocycles. The number of pyridine rings is 1. The number of nitrogens with zero attached hydrogens (tertiary/aromatic N) is 7. The van der Waals surface area contributed by atoms with Crippen LogP contribution < -0.4 is 36.0 Å². The quantitative estimate of drug-likeness (QED) is 0.213. The van der Waals surface area contributed by atoms with E-state index in [-0.39, 0.29) is 35.8 Å². The molecule has 1 aliphatic carbocycles. The zero-order valence-electron chi connectivity index (χ0n) is 34.0. The Balaban J connectivity index is 0.769. The number of benzene rings is 2. The van der Waals surface area contributed by atoms with Crippen molar-refractivity contribution in [1.82, 2.24) is 29.7 Å². The van der Waals surface area contributed by atoms with Crippen LogP contribution in [0.4, 0.5) is 37.6 Å². The summed E-state index contributed by atoms with van der Waals surface area (Å²) in [7, 11) is 1.59. The van der Waals surface area contributed by atoms with E-state index < -0.39 is 53.8 Å².